The summed E-state index contributed by atoms with van der Waals surface area (Å²) < 4.78 is 7.89. The fourth-order valence-corrected chi connectivity index (χ4v) is 1.46. The van der Waals surface area contributed by atoms with Crippen LogP contribution in [0.3, 0.4) is 0 Å². The highest BCUT2D eigenvalue weighted by atomic mass is 16.6. The van der Waals surface area contributed by atoms with E-state index in [1.54, 1.807) is 0 Å². The topological polar surface area (TPSA) is 66.9 Å². The molecule has 1 rings (SSSR count). The van der Waals surface area contributed by atoms with Gasteiger partial charge in [0.05, 0.1) is 18.8 Å². The molecule has 0 saturated heterocycles. The Bertz CT molecular complexity index is 466. The summed E-state index contributed by atoms with van der Waals surface area (Å²) in [5.74, 6) is 0. The van der Waals surface area contributed by atoms with Crippen molar-refractivity contribution >= 4 is 5.69 Å². The van der Waals surface area contributed by atoms with Crippen molar-refractivity contribution in [2.45, 2.75) is 32.6 Å². The van der Waals surface area contributed by atoms with Crippen LogP contribution in [-0.4, -0.2) is 4.92 Å². The Kier molecular flexibility index (Phi) is 3.89. The monoisotopic (exact) mass is 219 g/mol. The highest BCUT2D eigenvalue weighted by Crippen LogP contribution is 2.19. The van der Waals surface area contributed by atoms with Crippen molar-refractivity contribution < 1.29 is 6.29 Å². The number of nitro groups is 1. The van der Waals surface area contributed by atoms with Crippen molar-refractivity contribution in [2.24, 2.45) is 0 Å². The molecule has 0 bridgehead atoms. The molecule has 0 saturated carbocycles. The Morgan fingerprint density at radius 1 is 1.56 bits per heavy atom. The van der Waals surface area contributed by atoms with Crippen LogP contribution in [0, 0.1) is 21.4 Å². The summed E-state index contributed by atoms with van der Waals surface area (Å²) >= 11 is 0. The van der Waals surface area contributed by atoms with Gasteiger partial charge in [-0.25, -0.2) is 0 Å². The van der Waals surface area contributed by atoms with Gasteiger partial charge in [0.2, 0.25) is 0 Å². The first kappa shape index (κ1) is 10.6. The number of hydrogen-bond acceptors (Lipinski definition) is 3. The van der Waals surface area contributed by atoms with Gasteiger partial charge in [-0.1, -0.05) is 19.4 Å². The van der Waals surface area contributed by atoms with Gasteiger partial charge in [0.15, 0.2) is 0 Å². The minimum Gasteiger partial charge on any atom is -0.258 e. The molecule has 0 aliphatic rings. The van der Waals surface area contributed by atoms with E-state index in [1.165, 1.54) is 12.1 Å². The van der Waals surface area contributed by atoms with E-state index in [1.807, 2.05) is 13.0 Å². The third-order valence-corrected chi connectivity index (χ3v) is 2.25. The van der Waals surface area contributed by atoms with E-state index in [4.69, 9.17) is 6.63 Å². The molecule has 0 amide bonds. The first-order valence-electron chi connectivity index (χ1n) is 5.73. The van der Waals surface area contributed by atoms with E-state index in [0.29, 0.717) is 17.5 Å². The van der Waals surface area contributed by atoms with Crippen molar-refractivity contribution in [3.63, 3.8) is 0 Å². The van der Waals surface area contributed by atoms with Crippen LogP contribution in [0.2, 0.25) is 0 Å². The average Bonchev–Trinajstić information content (AvgIpc) is 2.30. The van der Waals surface area contributed by atoms with Gasteiger partial charge in [0, 0.05) is 12.1 Å². The standard InChI is InChI=1S/C12H14N2O2/c1-2-3-4-10-7-11(5-6-13)9-12(8-10)14(15)16/h7-9H,2-5H2,1H3/i7D. The minimum absolute atomic E-state index is 0.0302. The number of unbranched alkanes of at least 4 members (excludes halogenated alkanes) is 1. The van der Waals surface area contributed by atoms with Crippen LogP contribution in [0.1, 0.15) is 32.3 Å². The Morgan fingerprint density at radius 2 is 2.25 bits per heavy atom. The van der Waals surface area contributed by atoms with Crippen molar-refractivity contribution in [3.8, 4) is 6.07 Å². The maximum absolute atomic E-state index is 10.8. The Labute approximate surface area is 96.1 Å². The van der Waals surface area contributed by atoms with Gasteiger partial charge in [0.1, 0.15) is 0 Å². The second-order valence-electron chi connectivity index (χ2n) is 3.58. The van der Waals surface area contributed by atoms with Gasteiger partial charge in [0.25, 0.3) is 5.69 Å². The first-order chi connectivity index (χ1) is 8.10. The largest absolute Gasteiger partial charge is 0.270 e. The third-order valence-electron chi connectivity index (χ3n) is 2.25. The molecule has 16 heavy (non-hydrogen) atoms. The number of benzene rings is 1. The van der Waals surface area contributed by atoms with Crippen LogP contribution in [0.5, 0.6) is 0 Å². The van der Waals surface area contributed by atoms with Crippen LogP contribution in [0.4, 0.5) is 5.69 Å². The lowest BCUT2D eigenvalue weighted by atomic mass is 10.0. The molecular formula is C12H14N2O2. The van der Waals surface area contributed by atoms with Crippen LogP contribution >= 0.6 is 0 Å². The molecule has 1 aromatic rings. The highest BCUT2D eigenvalue weighted by Gasteiger charge is 2.09. The lowest BCUT2D eigenvalue weighted by Crippen LogP contribution is -1.94. The van der Waals surface area contributed by atoms with Crippen LogP contribution in [0.15, 0.2) is 18.2 Å². The number of hydrogen-bond donors (Lipinski definition) is 0. The number of nitriles is 1. The molecule has 84 valence electrons. The quantitative estimate of drug-likeness (QED) is 0.564. The zero-order valence-electron chi connectivity index (χ0n) is 10.2. The third kappa shape index (κ3) is 3.35. The summed E-state index contributed by atoms with van der Waals surface area (Å²) in [5.41, 5.74) is 1.07. The molecule has 0 aliphatic heterocycles. The minimum atomic E-state index is -0.476. The Hall–Kier alpha value is -1.89. The van der Waals surface area contributed by atoms with Gasteiger partial charge in [-0.05, 0) is 24.0 Å². The van der Waals surface area contributed by atoms with Crippen LogP contribution in [0.25, 0.3) is 0 Å². The Morgan fingerprint density at radius 3 is 2.81 bits per heavy atom. The molecule has 0 unspecified atom stereocenters. The molecule has 0 atom stereocenters. The molecule has 0 aromatic heterocycles. The van der Waals surface area contributed by atoms with E-state index in [-0.39, 0.29) is 18.2 Å². The number of aryl methyl sites for hydroxylation is 1. The van der Waals surface area contributed by atoms with Gasteiger partial charge in [-0.2, -0.15) is 5.26 Å². The molecule has 1 aromatic carbocycles. The highest BCUT2D eigenvalue weighted by molar-refractivity contribution is 5.40. The predicted octanol–water partition coefficient (Wildman–Crippen LogP) is 3.00. The summed E-state index contributed by atoms with van der Waals surface area (Å²) in [4.78, 5) is 10.3. The second-order valence-corrected chi connectivity index (χ2v) is 3.58. The Balaban J connectivity index is 3.18. The summed E-state index contributed by atoms with van der Waals surface area (Å²) in [7, 11) is 0. The summed E-state index contributed by atoms with van der Waals surface area (Å²) in [6.45, 7) is 2.02. The molecule has 0 aliphatic carbocycles. The lowest BCUT2D eigenvalue weighted by Gasteiger charge is -2.03. The van der Waals surface area contributed by atoms with E-state index in [0.717, 1.165) is 12.8 Å². The zero-order chi connectivity index (χ0) is 12.8. The fraction of sp³-hybridized carbons (Fsp3) is 0.417. The van der Waals surface area contributed by atoms with Gasteiger partial charge >= 0.3 is 0 Å². The molecule has 0 fully saturated rings. The average molecular weight is 219 g/mol. The zero-order valence-corrected chi connectivity index (χ0v) is 9.19. The summed E-state index contributed by atoms with van der Waals surface area (Å²) in [5, 5.41) is 19.4. The van der Waals surface area contributed by atoms with Gasteiger partial charge < -0.3 is 0 Å². The summed E-state index contributed by atoms with van der Waals surface area (Å²) in [6, 6.07) is 4.96. The molecule has 4 heteroatoms. The smallest absolute Gasteiger partial charge is 0.258 e. The van der Waals surface area contributed by atoms with Crippen molar-refractivity contribution in [1.82, 2.24) is 0 Å². The molecule has 4 nitrogen and oxygen atoms in total. The summed E-state index contributed by atoms with van der Waals surface area (Å²) in [6.07, 6.45) is 2.55. The maximum Gasteiger partial charge on any atom is 0.270 e. The first-order valence-corrected chi connectivity index (χ1v) is 5.23. The number of nitrogens with zero attached hydrogens (tertiary/aromatic N) is 2. The maximum atomic E-state index is 10.8. The van der Waals surface area contributed by atoms with Gasteiger partial charge in [-0.3, -0.25) is 10.1 Å². The number of nitro benzene ring substituents is 1. The van der Waals surface area contributed by atoms with Crippen LogP contribution < -0.4 is 0 Å². The fourth-order valence-electron chi connectivity index (χ4n) is 1.46. The lowest BCUT2D eigenvalue weighted by molar-refractivity contribution is -0.385. The molecule has 0 N–H and O–H groups in total. The van der Waals surface area contributed by atoms with Gasteiger partial charge in [-0.15, -0.1) is 0 Å². The van der Waals surface area contributed by atoms with E-state index >= 15 is 0 Å². The van der Waals surface area contributed by atoms with Crippen molar-refractivity contribution in [1.29, 1.82) is 5.26 Å². The van der Waals surface area contributed by atoms with Crippen molar-refractivity contribution in [3.05, 3.63) is 39.4 Å². The van der Waals surface area contributed by atoms with E-state index < -0.39 is 4.92 Å². The SMILES string of the molecule is [2H]c1c(CC#N)cc([N+](=O)[O-])cc1CCCC. The number of non-ortho nitro benzene ring substituents is 1. The normalized spacial score (nSPS) is 10.6. The van der Waals surface area contributed by atoms with Crippen molar-refractivity contribution in [2.75, 3.05) is 0 Å². The van der Waals surface area contributed by atoms with E-state index in [2.05, 4.69) is 0 Å². The number of rotatable bonds is 5. The van der Waals surface area contributed by atoms with E-state index in [9.17, 15) is 10.1 Å². The second kappa shape index (κ2) is 5.86. The van der Waals surface area contributed by atoms with Crippen LogP contribution in [-0.2, 0) is 12.8 Å². The predicted molar refractivity (Wildman–Crippen MR) is 61.0 cm³/mol. The molecule has 0 spiro atoms. The molecular weight excluding hydrogens is 204 g/mol. The molecule has 0 radical (unpaired) electrons. The molecule has 0 heterocycles.